The summed E-state index contributed by atoms with van der Waals surface area (Å²) in [6, 6.07) is 19.5. The summed E-state index contributed by atoms with van der Waals surface area (Å²) in [5.74, 6) is 2.61. The number of benzene rings is 3. The molecule has 210 valence electrons. The van der Waals surface area contributed by atoms with Gasteiger partial charge in [0.05, 0.1) is 25.8 Å². The zero-order chi connectivity index (χ0) is 28.4. The van der Waals surface area contributed by atoms with Crippen LogP contribution in [-0.4, -0.2) is 25.2 Å². The summed E-state index contributed by atoms with van der Waals surface area (Å²) < 4.78 is 17.8. The van der Waals surface area contributed by atoms with Crippen LogP contribution in [0.1, 0.15) is 75.4 Å². The number of aryl methyl sites for hydroxylation is 1. The van der Waals surface area contributed by atoms with Gasteiger partial charge in [0.1, 0.15) is 5.75 Å². The summed E-state index contributed by atoms with van der Waals surface area (Å²) in [6.45, 7) is 17.0. The van der Waals surface area contributed by atoms with E-state index in [1.54, 1.807) is 7.11 Å². The van der Waals surface area contributed by atoms with Crippen molar-refractivity contribution in [1.82, 2.24) is 4.90 Å². The molecule has 2 aliphatic heterocycles. The Balaban J connectivity index is 0.000000542. The number of ether oxygens (including phenoxy) is 2. The van der Waals surface area contributed by atoms with Crippen LogP contribution in [0.2, 0.25) is 0 Å². The maximum absolute atomic E-state index is 6.12. The maximum atomic E-state index is 6.12. The fraction of sp³-hybridized carbons (Fsp3) is 0.412. The first kappa shape index (κ1) is 30.6. The van der Waals surface area contributed by atoms with E-state index in [9.17, 15) is 0 Å². The van der Waals surface area contributed by atoms with Crippen LogP contribution in [0.3, 0.4) is 0 Å². The Labute approximate surface area is 240 Å². The Kier molecular flexibility index (Phi) is 11.8. The Bertz CT molecular complexity index is 1230. The molecule has 1 atom stereocenters. The molecule has 0 aromatic heterocycles. The van der Waals surface area contributed by atoms with Gasteiger partial charge in [-0.1, -0.05) is 55.3 Å². The van der Waals surface area contributed by atoms with Crippen LogP contribution in [0.4, 0.5) is 0 Å². The third-order valence-corrected chi connectivity index (χ3v) is 7.75. The first-order valence-electron chi connectivity index (χ1n) is 14.1. The van der Waals surface area contributed by atoms with Gasteiger partial charge in [-0.25, -0.2) is 0 Å². The second-order valence-electron chi connectivity index (χ2n) is 9.81. The lowest BCUT2D eigenvalue weighted by molar-refractivity contribution is 0.157. The standard InChI is InChI=1S/C27H29NO3S.C5H10.C2H6/c1-4-30-25-7-5-6-19-14-24-22-16-26(29-3)27(31-32-21-10-8-18(2)9-11-21)15-20(22)12-13-28(24)17-23(19)25;1-4-5(2)3;1-2/h5-11,15-16,24H,4,12-14,17H2,1-3H3;4H,1-3H3;1-2H3. The number of hydrogen-bond donors (Lipinski definition) is 0. The molecule has 4 nitrogen and oxygen atoms in total. The number of allylic oxidation sites excluding steroid dienone is 2. The van der Waals surface area contributed by atoms with E-state index in [0.29, 0.717) is 12.6 Å². The maximum Gasteiger partial charge on any atom is 0.179 e. The predicted molar refractivity (Wildman–Crippen MR) is 165 cm³/mol. The fourth-order valence-electron chi connectivity index (χ4n) is 4.78. The lowest BCUT2D eigenvalue weighted by atomic mass is 9.83. The van der Waals surface area contributed by atoms with Gasteiger partial charge in [0, 0.05) is 29.6 Å². The average molecular weight is 548 g/mol. The molecule has 2 aliphatic rings. The summed E-state index contributed by atoms with van der Waals surface area (Å²) in [6.07, 6.45) is 4.08. The Hall–Kier alpha value is -2.89. The zero-order valence-electron chi connectivity index (χ0n) is 25.0. The molecule has 3 aromatic carbocycles. The lowest BCUT2D eigenvalue weighted by Crippen LogP contribution is -2.39. The van der Waals surface area contributed by atoms with E-state index in [-0.39, 0.29) is 0 Å². The van der Waals surface area contributed by atoms with Gasteiger partial charge in [-0.15, -0.1) is 0 Å². The average Bonchev–Trinajstić information content (AvgIpc) is 2.97. The van der Waals surface area contributed by atoms with Crippen LogP contribution in [0, 0.1) is 6.92 Å². The largest absolute Gasteiger partial charge is 0.494 e. The van der Waals surface area contributed by atoms with Gasteiger partial charge in [0.15, 0.2) is 11.5 Å². The molecule has 2 heterocycles. The molecule has 1 unspecified atom stereocenters. The van der Waals surface area contributed by atoms with E-state index in [2.05, 4.69) is 86.3 Å². The van der Waals surface area contributed by atoms with Crippen LogP contribution in [0.5, 0.6) is 17.2 Å². The highest BCUT2D eigenvalue weighted by Crippen LogP contribution is 2.44. The van der Waals surface area contributed by atoms with Crippen molar-refractivity contribution < 1.29 is 13.7 Å². The predicted octanol–water partition coefficient (Wildman–Crippen LogP) is 9.14. The van der Waals surface area contributed by atoms with E-state index in [0.717, 1.165) is 48.1 Å². The molecule has 0 spiro atoms. The summed E-state index contributed by atoms with van der Waals surface area (Å²) in [4.78, 5) is 3.66. The van der Waals surface area contributed by atoms with Crippen LogP contribution >= 0.6 is 12.0 Å². The van der Waals surface area contributed by atoms with E-state index in [1.165, 1.54) is 45.4 Å². The second-order valence-corrected chi connectivity index (χ2v) is 10.6. The molecule has 0 saturated carbocycles. The highest BCUT2D eigenvalue weighted by atomic mass is 32.2. The van der Waals surface area contributed by atoms with Crippen molar-refractivity contribution in [3.8, 4) is 17.2 Å². The number of hydrogen-bond acceptors (Lipinski definition) is 5. The number of rotatable bonds is 6. The quantitative estimate of drug-likeness (QED) is 0.227. The molecule has 5 heteroatoms. The van der Waals surface area contributed by atoms with Crippen molar-refractivity contribution in [2.24, 2.45) is 0 Å². The molecular formula is C34H45NO3S. The minimum absolute atomic E-state index is 0.357. The Morgan fingerprint density at radius 2 is 1.72 bits per heavy atom. The van der Waals surface area contributed by atoms with Crippen LogP contribution in [0.15, 0.2) is 71.1 Å². The molecule has 0 fully saturated rings. The normalized spacial score (nSPS) is 15.1. The Morgan fingerprint density at radius 3 is 2.36 bits per heavy atom. The number of methoxy groups -OCH3 is 1. The molecule has 0 bridgehead atoms. The second kappa shape index (κ2) is 15.0. The molecule has 3 aromatic rings. The van der Waals surface area contributed by atoms with Gasteiger partial charge >= 0.3 is 0 Å². The third-order valence-electron chi connectivity index (χ3n) is 7.02. The first-order valence-corrected chi connectivity index (χ1v) is 14.9. The van der Waals surface area contributed by atoms with Crippen molar-refractivity contribution in [1.29, 1.82) is 0 Å². The lowest BCUT2D eigenvalue weighted by Gasteiger charge is -2.42. The van der Waals surface area contributed by atoms with Crippen molar-refractivity contribution in [2.75, 3.05) is 20.3 Å². The van der Waals surface area contributed by atoms with Crippen LogP contribution in [-0.2, 0) is 19.4 Å². The molecule has 0 N–H and O–H groups in total. The van der Waals surface area contributed by atoms with Crippen molar-refractivity contribution in [2.45, 2.75) is 78.8 Å². The molecule has 0 amide bonds. The number of fused-ring (bicyclic) bond motifs is 4. The van der Waals surface area contributed by atoms with Gasteiger partial charge in [-0.2, -0.15) is 0 Å². The van der Waals surface area contributed by atoms with Gasteiger partial charge < -0.3 is 13.7 Å². The van der Waals surface area contributed by atoms with Gasteiger partial charge in [-0.3, -0.25) is 4.90 Å². The smallest absolute Gasteiger partial charge is 0.179 e. The van der Waals surface area contributed by atoms with Crippen molar-refractivity contribution in [3.63, 3.8) is 0 Å². The number of nitrogens with zero attached hydrogens (tertiary/aromatic N) is 1. The van der Waals surface area contributed by atoms with E-state index < -0.39 is 0 Å². The summed E-state index contributed by atoms with van der Waals surface area (Å²) in [7, 11) is 1.72. The topological polar surface area (TPSA) is 30.9 Å². The Morgan fingerprint density at radius 1 is 1.00 bits per heavy atom. The SMILES string of the molecule is CC.CC=C(C)C.CCOc1cccc2c1CN1CCc3cc(OSc4ccc(C)cc4)c(OC)cc3C1C2. The molecule has 0 aliphatic carbocycles. The fourth-order valence-corrected chi connectivity index (χ4v) is 5.35. The van der Waals surface area contributed by atoms with Gasteiger partial charge in [0.2, 0.25) is 0 Å². The van der Waals surface area contributed by atoms with Crippen LogP contribution in [0.25, 0.3) is 0 Å². The minimum Gasteiger partial charge on any atom is -0.494 e. The highest BCUT2D eigenvalue weighted by molar-refractivity contribution is 7.95. The first-order chi connectivity index (χ1) is 18.9. The van der Waals surface area contributed by atoms with Crippen molar-refractivity contribution >= 4 is 12.0 Å². The molecule has 0 radical (unpaired) electrons. The zero-order valence-corrected chi connectivity index (χ0v) is 25.8. The monoisotopic (exact) mass is 547 g/mol. The van der Waals surface area contributed by atoms with E-state index in [1.807, 2.05) is 27.7 Å². The molecule has 0 saturated heterocycles. The molecular weight excluding hydrogens is 502 g/mol. The molecule has 39 heavy (non-hydrogen) atoms. The summed E-state index contributed by atoms with van der Waals surface area (Å²) in [5.41, 5.74) is 8.07. The highest BCUT2D eigenvalue weighted by Gasteiger charge is 2.34. The van der Waals surface area contributed by atoms with E-state index >= 15 is 0 Å². The van der Waals surface area contributed by atoms with Gasteiger partial charge in [-0.05, 0) is 94.5 Å². The van der Waals surface area contributed by atoms with Crippen molar-refractivity contribution in [3.05, 3.63) is 94.1 Å². The summed E-state index contributed by atoms with van der Waals surface area (Å²) >= 11 is 1.38. The molecule has 5 rings (SSSR count). The van der Waals surface area contributed by atoms with Crippen LogP contribution < -0.4 is 13.7 Å². The summed E-state index contributed by atoms with van der Waals surface area (Å²) in [5, 5.41) is 0. The minimum atomic E-state index is 0.357. The van der Waals surface area contributed by atoms with E-state index in [4.69, 9.17) is 13.7 Å². The van der Waals surface area contributed by atoms with Gasteiger partial charge in [0.25, 0.3) is 0 Å². The third kappa shape index (κ3) is 7.83.